The summed E-state index contributed by atoms with van der Waals surface area (Å²) in [6.45, 7) is 1.26. The summed E-state index contributed by atoms with van der Waals surface area (Å²) in [5, 5.41) is 24.4. The predicted octanol–water partition coefficient (Wildman–Crippen LogP) is 2.99. The Kier molecular flexibility index (Phi) is 5.30. The zero-order chi connectivity index (χ0) is 17.8. The van der Waals surface area contributed by atoms with Gasteiger partial charge in [-0.3, -0.25) is 10.1 Å². The zero-order valence-corrected chi connectivity index (χ0v) is 14.2. The highest BCUT2D eigenvalue weighted by molar-refractivity contribution is 6.30. The van der Waals surface area contributed by atoms with Crippen LogP contribution in [0.4, 0.5) is 23.1 Å². The molecule has 8 nitrogen and oxygen atoms in total. The molecule has 2 aromatic rings. The van der Waals surface area contributed by atoms with E-state index in [0.717, 1.165) is 18.5 Å². The van der Waals surface area contributed by atoms with Crippen molar-refractivity contribution in [1.82, 2.24) is 9.97 Å². The summed E-state index contributed by atoms with van der Waals surface area (Å²) in [4.78, 5) is 21.1. The Bertz CT molecular complexity index is 756. The molecule has 0 bridgehead atoms. The van der Waals surface area contributed by atoms with Gasteiger partial charge in [0, 0.05) is 30.4 Å². The Morgan fingerprint density at radius 1 is 1.40 bits per heavy atom. The summed E-state index contributed by atoms with van der Waals surface area (Å²) in [5.41, 5.74) is 0.594. The minimum Gasteiger partial charge on any atom is -0.396 e. The third kappa shape index (κ3) is 4.15. The Hall–Kier alpha value is -2.45. The normalized spacial score (nSPS) is 17.4. The van der Waals surface area contributed by atoms with Gasteiger partial charge in [0.1, 0.15) is 6.20 Å². The summed E-state index contributed by atoms with van der Waals surface area (Å²) < 4.78 is 0. The molecule has 2 N–H and O–H groups in total. The Morgan fingerprint density at radius 2 is 2.16 bits per heavy atom. The van der Waals surface area contributed by atoms with Crippen molar-refractivity contribution in [2.24, 2.45) is 5.92 Å². The molecule has 1 fully saturated rings. The summed E-state index contributed by atoms with van der Waals surface area (Å²) in [5.74, 6) is 0.639. The van der Waals surface area contributed by atoms with Crippen LogP contribution in [0.2, 0.25) is 5.02 Å². The highest BCUT2D eigenvalue weighted by atomic mass is 35.5. The second kappa shape index (κ2) is 7.62. The minimum atomic E-state index is -0.482. The third-order valence-electron chi connectivity index (χ3n) is 4.12. The first-order valence-electron chi connectivity index (χ1n) is 7.96. The standard InChI is InChI=1S/C16H18ClN5O3/c17-12-3-5-13(6-4-12)19-16-18-8-14(22(24)25)15(20-16)21-7-1-2-11(9-21)10-23/h3-6,8,11,23H,1-2,7,9-10H2,(H,18,19,20). The van der Waals surface area contributed by atoms with E-state index in [0.29, 0.717) is 18.1 Å². The van der Waals surface area contributed by atoms with Gasteiger partial charge in [0.25, 0.3) is 0 Å². The molecule has 1 saturated heterocycles. The average molecular weight is 364 g/mol. The Balaban J connectivity index is 1.89. The van der Waals surface area contributed by atoms with Crippen LogP contribution in [-0.4, -0.2) is 39.7 Å². The lowest BCUT2D eigenvalue weighted by molar-refractivity contribution is -0.384. The maximum atomic E-state index is 11.3. The predicted molar refractivity (Wildman–Crippen MR) is 95.4 cm³/mol. The van der Waals surface area contributed by atoms with Crippen molar-refractivity contribution in [2.45, 2.75) is 12.8 Å². The highest BCUT2D eigenvalue weighted by Crippen LogP contribution is 2.30. The van der Waals surface area contributed by atoms with Crippen LogP contribution in [0.3, 0.4) is 0 Å². The minimum absolute atomic E-state index is 0.0608. The molecule has 0 spiro atoms. The van der Waals surface area contributed by atoms with Crippen LogP contribution in [0.5, 0.6) is 0 Å². The van der Waals surface area contributed by atoms with Crippen molar-refractivity contribution in [3.63, 3.8) is 0 Å². The van der Waals surface area contributed by atoms with Gasteiger partial charge in [0.15, 0.2) is 0 Å². The lowest BCUT2D eigenvalue weighted by Gasteiger charge is -2.32. The Morgan fingerprint density at radius 3 is 2.84 bits per heavy atom. The lowest BCUT2D eigenvalue weighted by Crippen LogP contribution is -2.37. The number of hydrogen-bond acceptors (Lipinski definition) is 7. The number of aromatic nitrogens is 2. The van der Waals surface area contributed by atoms with E-state index in [9.17, 15) is 15.2 Å². The molecule has 9 heteroatoms. The van der Waals surface area contributed by atoms with Crippen LogP contribution in [0.15, 0.2) is 30.5 Å². The van der Waals surface area contributed by atoms with Crippen molar-refractivity contribution in [3.8, 4) is 0 Å². The Labute approximate surface area is 149 Å². The smallest absolute Gasteiger partial charge is 0.329 e. The van der Waals surface area contributed by atoms with Crippen LogP contribution < -0.4 is 10.2 Å². The summed E-state index contributed by atoms with van der Waals surface area (Å²) >= 11 is 5.86. The van der Waals surface area contributed by atoms with Gasteiger partial charge in [0.05, 0.1) is 4.92 Å². The molecule has 1 aromatic carbocycles. The number of rotatable bonds is 5. The van der Waals surface area contributed by atoms with Gasteiger partial charge in [-0.15, -0.1) is 0 Å². The summed E-state index contributed by atoms with van der Waals surface area (Å²) in [6.07, 6.45) is 2.97. The van der Waals surface area contributed by atoms with E-state index in [4.69, 9.17) is 11.6 Å². The maximum absolute atomic E-state index is 11.3. The fraction of sp³-hybridized carbons (Fsp3) is 0.375. The van der Waals surface area contributed by atoms with Gasteiger partial charge in [-0.05, 0) is 43.0 Å². The molecule has 1 aromatic heterocycles. The quantitative estimate of drug-likeness (QED) is 0.621. The highest BCUT2D eigenvalue weighted by Gasteiger charge is 2.27. The first kappa shape index (κ1) is 17.4. The summed E-state index contributed by atoms with van der Waals surface area (Å²) in [6, 6.07) is 7.00. The van der Waals surface area contributed by atoms with E-state index in [1.54, 1.807) is 24.3 Å². The van der Waals surface area contributed by atoms with E-state index in [1.807, 2.05) is 4.90 Å². The number of piperidine rings is 1. The SMILES string of the molecule is O=[N+]([O-])c1cnc(Nc2ccc(Cl)cc2)nc1N1CCCC(CO)C1. The largest absolute Gasteiger partial charge is 0.396 e. The molecule has 1 aliphatic rings. The van der Waals surface area contributed by atoms with Gasteiger partial charge >= 0.3 is 5.69 Å². The molecule has 132 valence electrons. The number of benzene rings is 1. The van der Waals surface area contributed by atoms with Gasteiger partial charge in [-0.2, -0.15) is 4.98 Å². The number of nitrogens with one attached hydrogen (secondary N) is 1. The van der Waals surface area contributed by atoms with E-state index in [1.165, 1.54) is 6.20 Å². The molecule has 2 heterocycles. The van der Waals surface area contributed by atoms with Gasteiger partial charge in [-0.1, -0.05) is 11.6 Å². The van der Waals surface area contributed by atoms with Crippen molar-refractivity contribution in [1.29, 1.82) is 0 Å². The number of hydrogen-bond donors (Lipinski definition) is 2. The van der Waals surface area contributed by atoms with E-state index in [-0.39, 0.29) is 30.0 Å². The molecule has 3 rings (SSSR count). The van der Waals surface area contributed by atoms with E-state index in [2.05, 4.69) is 15.3 Å². The molecule has 1 aliphatic heterocycles. The molecular formula is C16H18ClN5O3. The first-order valence-corrected chi connectivity index (χ1v) is 8.34. The number of aliphatic hydroxyl groups excluding tert-OH is 1. The molecule has 0 radical (unpaired) electrons. The van der Waals surface area contributed by atoms with Crippen LogP contribution in [0.25, 0.3) is 0 Å². The maximum Gasteiger partial charge on any atom is 0.329 e. The third-order valence-corrected chi connectivity index (χ3v) is 4.38. The topological polar surface area (TPSA) is 104 Å². The molecule has 1 atom stereocenters. The van der Waals surface area contributed by atoms with Gasteiger partial charge in [-0.25, -0.2) is 4.98 Å². The average Bonchev–Trinajstić information content (AvgIpc) is 2.63. The fourth-order valence-electron chi connectivity index (χ4n) is 2.86. The van der Waals surface area contributed by atoms with Gasteiger partial charge in [0.2, 0.25) is 11.8 Å². The first-order chi connectivity index (χ1) is 12.1. The van der Waals surface area contributed by atoms with Crippen LogP contribution in [-0.2, 0) is 0 Å². The number of anilines is 3. The van der Waals surface area contributed by atoms with E-state index < -0.39 is 4.92 Å². The van der Waals surface area contributed by atoms with Gasteiger partial charge < -0.3 is 15.3 Å². The summed E-state index contributed by atoms with van der Waals surface area (Å²) in [7, 11) is 0. The zero-order valence-electron chi connectivity index (χ0n) is 13.4. The molecule has 0 saturated carbocycles. The van der Waals surface area contributed by atoms with Crippen LogP contribution >= 0.6 is 11.6 Å². The molecule has 25 heavy (non-hydrogen) atoms. The second-order valence-corrected chi connectivity index (χ2v) is 6.36. The monoisotopic (exact) mass is 363 g/mol. The van der Waals surface area contributed by atoms with Crippen molar-refractivity contribution >= 4 is 34.7 Å². The number of nitro groups is 1. The second-order valence-electron chi connectivity index (χ2n) is 5.93. The molecule has 1 unspecified atom stereocenters. The molecule has 0 amide bonds. The number of aliphatic hydroxyl groups is 1. The van der Waals surface area contributed by atoms with Crippen LogP contribution in [0, 0.1) is 16.0 Å². The number of halogens is 1. The number of nitrogens with zero attached hydrogens (tertiary/aromatic N) is 4. The van der Waals surface area contributed by atoms with Crippen molar-refractivity contribution < 1.29 is 10.0 Å². The molecule has 0 aliphatic carbocycles. The van der Waals surface area contributed by atoms with E-state index >= 15 is 0 Å². The molecular weight excluding hydrogens is 346 g/mol. The van der Waals surface area contributed by atoms with Crippen LogP contribution in [0.1, 0.15) is 12.8 Å². The lowest BCUT2D eigenvalue weighted by atomic mass is 9.99. The van der Waals surface area contributed by atoms with Crippen molar-refractivity contribution in [2.75, 3.05) is 29.9 Å². The fourth-order valence-corrected chi connectivity index (χ4v) is 2.98. The van der Waals surface area contributed by atoms with Crippen molar-refractivity contribution in [3.05, 3.63) is 45.6 Å².